The maximum atomic E-state index is 12.0. The molecule has 144 valence electrons. The zero-order chi connectivity index (χ0) is 19.6. The highest BCUT2D eigenvalue weighted by Gasteiger charge is 2.41. The maximum Gasteiger partial charge on any atom is 0.225 e. The van der Waals surface area contributed by atoms with Gasteiger partial charge in [-0.2, -0.15) is 0 Å². The van der Waals surface area contributed by atoms with Crippen LogP contribution in [-0.4, -0.2) is 28.2 Å². The predicted octanol–water partition coefficient (Wildman–Crippen LogP) is 4.25. The molecule has 1 aromatic heterocycles. The van der Waals surface area contributed by atoms with E-state index in [0.717, 1.165) is 54.4 Å². The first kappa shape index (κ1) is 18.6. The van der Waals surface area contributed by atoms with Crippen LogP contribution in [0.15, 0.2) is 66.7 Å². The van der Waals surface area contributed by atoms with Crippen molar-refractivity contribution in [3.05, 3.63) is 89.2 Å². The molecule has 4 heteroatoms. The fourth-order valence-corrected chi connectivity index (χ4v) is 4.37. The zero-order valence-corrected chi connectivity index (χ0v) is 16.5. The molecule has 0 bridgehead atoms. The average molecular weight is 374 g/mol. The molecule has 0 amide bonds. The Labute approximate surface area is 166 Å². The Morgan fingerprint density at radius 1 is 0.821 bits per heavy atom. The average Bonchev–Trinajstić information content (AvgIpc) is 2.74. The standard InChI is InChI=1S/C24H27N3O/c1-18-17-19(2)26-23(25-18)27-15-13-22(14-16-27)24(28,20-9-5-3-6-10-20)21-11-7-4-8-12-21/h3-12,17,22,28H,13-16H2,1-2H3. The topological polar surface area (TPSA) is 49.2 Å². The van der Waals surface area contributed by atoms with Crippen molar-refractivity contribution in [1.82, 2.24) is 9.97 Å². The van der Waals surface area contributed by atoms with Gasteiger partial charge in [-0.3, -0.25) is 0 Å². The van der Waals surface area contributed by atoms with Gasteiger partial charge in [0.05, 0.1) is 0 Å². The van der Waals surface area contributed by atoms with Gasteiger partial charge in [0.15, 0.2) is 0 Å². The van der Waals surface area contributed by atoms with Crippen LogP contribution < -0.4 is 4.90 Å². The third-order valence-electron chi connectivity index (χ3n) is 5.77. The summed E-state index contributed by atoms with van der Waals surface area (Å²) in [7, 11) is 0. The number of anilines is 1. The molecule has 0 aliphatic carbocycles. The fraction of sp³-hybridized carbons (Fsp3) is 0.333. The lowest BCUT2D eigenvalue weighted by Crippen LogP contribution is -2.44. The van der Waals surface area contributed by atoms with Crippen LogP contribution in [0.25, 0.3) is 0 Å². The molecule has 2 aromatic carbocycles. The van der Waals surface area contributed by atoms with E-state index >= 15 is 0 Å². The summed E-state index contributed by atoms with van der Waals surface area (Å²) in [6, 6.07) is 22.1. The second kappa shape index (κ2) is 7.72. The second-order valence-electron chi connectivity index (χ2n) is 7.71. The minimum absolute atomic E-state index is 0.138. The van der Waals surface area contributed by atoms with Crippen LogP contribution in [0, 0.1) is 19.8 Å². The number of rotatable bonds is 4. The second-order valence-corrected chi connectivity index (χ2v) is 7.71. The van der Waals surface area contributed by atoms with Gasteiger partial charge in [0, 0.05) is 24.5 Å². The summed E-state index contributed by atoms with van der Waals surface area (Å²) < 4.78 is 0. The number of aliphatic hydroxyl groups is 1. The van der Waals surface area contributed by atoms with Gasteiger partial charge in [0.2, 0.25) is 5.95 Å². The molecule has 28 heavy (non-hydrogen) atoms. The smallest absolute Gasteiger partial charge is 0.225 e. The molecule has 0 atom stereocenters. The molecule has 4 rings (SSSR count). The van der Waals surface area contributed by atoms with Gasteiger partial charge >= 0.3 is 0 Å². The summed E-state index contributed by atoms with van der Waals surface area (Å²) in [5.74, 6) is 0.943. The molecule has 4 nitrogen and oxygen atoms in total. The van der Waals surface area contributed by atoms with Gasteiger partial charge in [0.25, 0.3) is 0 Å². The van der Waals surface area contributed by atoms with Crippen molar-refractivity contribution in [3.63, 3.8) is 0 Å². The summed E-state index contributed by atoms with van der Waals surface area (Å²) in [6.07, 6.45) is 1.77. The highest BCUT2D eigenvalue weighted by atomic mass is 16.3. The van der Waals surface area contributed by atoms with Crippen molar-refractivity contribution in [3.8, 4) is 0 Å². The third kappa shape index (κ3) is 3.52. The van der Waals surface area contributed by atoms with E-state index in [9.17, 15) is 5.11 Å². The number of hydrogen-bond donors (Lipinski definition) is 1. The molecule has 1 N–H and O–H groups in total. The Morgan fingerprint density at radius 2 is 1.29 bits per heavy atom. The summed E-state index contributed by atoms with van der Waals surface area (Å²) >= 11 is 0. The number of nitrogens with zero attached hydrogens (tertiary/aromatic N) is 3. The summed E-state index contributed by atoms with van der Waals surface area (Å²) in [6.45, 7) is 5.70. The minimum Gasteiger partial charge on any atom is -0.380 e. The van der Waals surface area contributed by atoms with E-state index in [1.807, 2.05) is 80.6 Å². The third-order valence-corrected chi connectivity index (χ3v) is 5.77. The van der Waals surface area contributed by atoms with Gasteiger partial charge in [-0.25, -0.2) is 9.97 Å². The molecule has 2 heterocycles. The number of benzene rings is 2. The molecule has 1 saturated heterocycles. The van der Waals surface area contributed by atoms with Crippen molar-refractivity contribution >= 4 is 5.95 Å². The molecule has 0 radical (unpaired) electrons. The van der Waals surface area contributed by atoms with Gasteiger partial charge in [0.1, 0.15) is 5.60 Å². The fourth-order valence-electron chi connectivity index (χ4n) is 4.37. The number of piperidine rings is 1. The predicted molar refractivity (Wildman–Crippen MR) is 112 cm³/mol. The van der Waals surface area contributed by atoms with Crippen molar-refractivity contribution in [2.45, 2.75) is 32.3 Å². The minimum atomic E-state index is -0.988. The van der Waals surface area contributed by atoms with Crippen LogP contribution in [-0.2, 0) is 5.60 Å². The lowest BCUT2D eigenvalue weighted by Gasteiger charge is -2.42. The molecule has 1 aliphatic rings. The van der Waals surface area contributed by atoms with Crippen molar-refractivity contribution in [1.29, 1.82) is 0 Å². The largest absolute Gasteiger partial charge is 0.380 e. The van der Waals surface area contributed by atoms with Crippen molar-refractivity contribution < 1.29 is 5.11 Å². The monoisotopic (exact) mass is 373 g/mol. The lowest BCUT2D eigenvalue weighted by molar-refractivity contribution is 0.00493. The summed E-state index contributed by atoms with van der Waals surface area (Å²) in [5, 5.41) is 12.0. The number of aryl methyl sites for hydroxylation is 2. The van der Waals surface area contributed by atoms with Gasteiger partial charge in [-0.15, -0.1) is 0 Å². The molecule has 1 aliphatic heterocycles. The Hall–Kier alpha value is -2.72. The van der Waals surface area contributed by atoms with E-state index in [1.165, 1.54) is 0 Å². The molecule has 0 spiro atoms. The molecule has 0 unspecified atom stereocenters. The highest BCUT2D eigenvalue weighted by Crippen LogP contribution is 2.42. The van der Waals surface area contributed by atoms with Crippen LogP contribution >= 0.6 is 0 Å². The van der Waals surface area contributed by atoms with E-state index in [0.29, 0.717) is 0 Å². The van der Waals surface area contributed by atoms with Gasteiger partial charge in [-0.1, -0.05) is 60.7 Å². The van der Waals surface area contributed by atoms with Crippen molar-refractivity contribution in [2.75, 3.05) is 18.0 Å². The van der Waals surface area contributed by atoms with Crippen LogP contribution in [0.4, 0.5) is 5.95 Å². The normalized spacial score (nSPS) is 15.6. The first-order valence-corrected chi connectivity index (χ1v) is 9.98. The molecule has 1 fully saturated rings. The Morgan fingerprint density at radius 3 is 1.75 bits per heavy atom. The van der Waals surface area contributed by atoms with Gasteiger partial charge in [-0.05, 0) is 49.8 Å². The first-order chi connectivity index (χ1) is 13.6. The Balaban J connectivity index is 1.61. The van der Waals surface area contributed by atoms with E-state index in [1.54, 1.807) is 0 Å². The van der Waals surface area contributed by atoms with Crippen LogP contribution in [0.2, 0.25) is 0 Å². The van der Waals surface area contributed by atoms with E-state index in [-0.39, 0.29) is 5.92 Å². The van der Waals surface area contributed by atoms with Crippen LogP contribution in [0.1, 0.15) is 35.4 Å². The molecular formula is C24H27N3O. The Kier molecular flexibility index (Phi) is 5.14. The lowest BCUT2D eigenvalue weighted by atomic mass is 9.72. The maximum absolute atomic E-state index is 12.0. The summed E-state index contributed by atoms with van der Waals surface area (Å²) in [4.78, 5) is 11.5. The van der Waals surface area contributed by atoms with E-state index in [2.05, 4.69) is 14.9 Å². The van der Waals surface area contributed by atoms with Crippen LogP contribution in [0.5, 0.6) is 0 Å². The SMILES string of the molecule is Cc1cc(C)nc(N2CCC(C(O)(c3ccccc3)c3ccccc3)CC2)n1. The van der Waals surface area contributed by atoms with Crippen molar-refractivity contribution in [2.24, 2.45) is 5.92 Å². The molecular weight excluding hydrogens is 346 g/mol. The molecule has 3 aromatic rings. The highest BCUT2D eigenvalue weighted by molar-refractivity contribution is 5.39. The zero-order valence-electron chi connectivity index (χ0n) is 16.5. The first-order valence-electron chi connectivity index (χ1n) is 9.98. The molecule has 0 saturated carbocycles. The number of hydrogen-bond acceptors (Lipinski definition) is 4. The Bertz CT molecular complexity index is 859. The van der Waals surface area contributed by atoms with Crippen LogP contribution in [0.3, 0.4) is 0 Å². The van der Waals surface area contributed by atoms with E-state index < -0.39 is 5.60 Å². The summed E-state index contributed by atoms with van der Waals surface area (Å²) in [5.41, 5.74) is 2.92. The van der Waals surface area contributed by atoms with E-state index in [4.69, 9.17) is 0 Å². The quantitative estimate of drug-likeness (QED) is 0.743. The number of aromatic nitrogens is 2. The van der Waals surface area contributed by atoms with Gasteiger partial charge < -0.3 is 10.0 Å².